The third-order valence-corrected chi connectivity index (χ3v) is 7.81. The molecule has 8 unspecified atom stereocenters. The second-order valence-electron chi connectivity index (χ2n) is 10.3. The monoisotopic (exact) mass is 582 g/mol. The lowest BCUT2D eigenvalue weighted by atomic mass is 9.86. The highest BCUT2D eigenvalue weighted by atomic mass is 16.7. The van der Waals surface area contributed by atoms with Crippen molar-refractivity contribution in [2.24, 2.45) is 0 Å². The molecule has 42 heavy (non-hydrogen) atoms. The number of aliphatic hydroxyl groups excluding tert-OH is 4. The van der Waals surface area contributed by atoms with E-state index in [1.165, 1.54) is 20.3 Å². The Morgan fingerprint density at radius 2 is 1.62 bits per heavy atom. The van der Waals surface area contributed by atoms with Crippen LogP contribution in [0.25, 0.3) is 0 Å². The van der Waals surface area contributed by atoms with Gasteiger partial charge >= 0.3 is 5.97 Å². The van der Waals surface area contributed by atoms with Gasteiger partial charge in [-0.05, 0) is 23.3 Å². The molecule has 5 N–H and O–H groups in total. The lowest BCUT2D eigenvalue weighted by Gasteiger charge is -2.39. The number of hydrogen-bond acceptors (Lipinski definition) is 11. The molecule has 1 saturated heterocycles. The predicted molar refractivity (Wildman–Crippen MR) is 143 cm³/mol. The van der Waals surface area contributed by atoms with Gasteiger partial charge < -0.3 is 54.0 Å². The van der Waals surface area contributed by atoms with Crippen molar-refractivity contribution in [1.29, 1.82) is 0 Å². The molecule has 0 saturated carbocycles. The Hall–Kier alpha value is -4.07. The maximum Gasteiger partial charge on any atom is 0.335 e. The Kier molecular flexibility index (Phi) is 7.33. The maximum absolute atomic E-state index is 11.6. The molecule has 0 aromatic heterocycles. The zero-order valence-electron chi connectivity index (χ0n) is 22.6. The van der Waals surface area contributed by atoms with E-state index >= 15 is 0 Å². The van der Waals surface area contributed by atoms with Gasteiger partial charge in [0.15, 0.2) is 17.6 Å². The fraction of sp³-hybridized carbons (Fsp3) is 0.367. The third-order valence-electron chi connectivity index (χ3n) is 7.81. The molecule has 3 aliphatic rings. The number of carboxylic acid groups (broad SMARTS) is 1. The van der Waals surface area contributed by atoms with Crippen LogP contribution in [0.2, 0.25) is 0 Å². The van der Waals surface area contributed by atoms with Crippen LogP contribution in [-0.2, 0) is 16.0 Å². The Balaban J connectivity index is 1.41. The van der Waals surface area contributed by atoms with Gasteiger partial charge in [-0.15, -0.1) is 0 Å². The molecule has 6 rings (SSSR count). The molecule has 3 aromatic carbocycles. The first-order chi connectivity index (χ1) is 20.2. The summed E-state index contributed by atoms with van der Waals surface area (Å²) in [6, 6.07) is 16.3. The van der Waals surface area contributed by atoms with Gasteiger partial charge in [0.2, 0.25) is 18.3 Å². The summed E-state index contributed by atoms with van der Waals surface area (Å²) >= 11 is 0. The quantitative estimate of drug-likeness (QED) is 0.272. The van der Waals surface area contributed by atoms with Crippen LogP contribution in [0.15, 0.2) is 54.6 Å². The normalized spacial score (nSPS) is 29.3. The van der Waals surface area contributed by atoms with E-state index in [0.717, 1.165) is 5.56 Å². The van der Waals surface area contributed by atoms with Crippen LogP contribution in [0.1, 0.15) is 34.3 Å². The van der Waals surface area contributed by atoms with Gasteiger partial charge in [-0.2, -0.15) is 0 Å². The number of rotatable bonds is 7. The fourth-order valence-corrected chi connectivity index (χ4v) is 5.71. The molecule has 0 aliphatic carbocycles. The molecule has 0 bridgehead atoms. The van der Waals surface area contributed by atoms with Crippen molar-refractivity contribution in [3.63, 3.8) is 0 Å². The van der Waals surface area contributed by atoms with Crippen molar-refractivity contribution in [2.45, 2.75) is 55.4 Å². The number of aliphatic hydroxyl groups is 4. The zero-order valence-corrected chi connectivity index (χ0v) is 22.6. The highest BCUT2D eigenvalue weighted by Crippen LogP contribution is 2.58. The average Bonchev–Trinajstić information content (AvgIpc) is 3.38. The van der Waals surface area contributed by atoms with Gasteiger partial charge in [-0.25, -0.2) is 4.79 Å². The molecule has 0 amide bonds. The van der Waals surface area contributed by atoms with Crippen molar-refractivity contribution in [3.8, 4) is 28.7 Å². The number of carbonyl (C=O) groups is 1. The highest BCUT2D eigenvalue weighted by molar-refractivity contribution is 5.73. The number of fused-ring (bicyclic) bond motifs is 5. The van der Waals surface area contributed by atoms with Gasteiger partial charge in [0.1, 0.15) is 35.9 Å². The van der Waals surface area contributed by atoms with E-state index in [2.05, 4.69) is 0 Å². The Bertz CT molecular complexity index is 1480. The molecule has 1 fully saturated rings. The largest absolute Gasteiger partial charge is 0.493 e. The smallest absolute Gasteiger partial charge is 0.335 e. The summed E-state index contributed by atoms with van der Waals surface area (Å²) in [4.78, 5) is 11.6. The van der Waals surface area contributed by atoms with E-state index in [-0.39, 0.29) is 11.5 Å². The number of carboxylic acids is 1. The molecular formula is C30H30O12. The standard InChI is InChI=1S/C30H30O12/c1-37-17-9-8-15-20-24(41-25(15)26(17)38-2)16-11-14(10-13-6-4-3-5-7-13)18(12-19(16)39-29(20)36)40-30-23(33)21(31)22(32)27(42-30)28(34)35/h3-9,11-12,20-24,27,29-33,36H,10H2,1-2H3,(H,34,35). The minimum absolute atomic E-state index is 0.148. The van der Waals surface area contributed by atoms with E-state index in [0.29, 0.717) is 40.4 Å². The average molecular weight is 583 g/mol. The minimum atomic E-state index is -1.86. The fourth-order valence-electron chi connectivity index (χ4n) is 5.71. The van der Waals surface area contributed by atoms with Crippen LogP contribution in [0.4, 0.5) is 0 Å². The summed E-state index contributed by atoms with van der Waals surface area (Å²) in [7, 11) is 3.01. The molecule has 12 nitrogen and oxygen atoms in total. The molecule has 0 radical (unpaired) electrons. The number of methoxy groups -OCH3 is 2. The second-order valence-corrected chi connectivity index (χ2v) is 10.3. The first-order valence-electron chi connectivity index (χ1n) is 13.3. The predicted octanol–water partition coefficient (Wildman–Crippen LogP) is 1.49. The first-order valence-corrected chi connectivity index (χ1v) is 13.3. The summed E-state index contributed by atoms with van der Waals surface area (Å²) in [6.07, 6.45) is -10.5. The number of ether oxygens (including phenoxy) is 6. The molecule has 3 aliphatic heterocycles. The van der Waals surface area contributed by atoms with Gasteiger partial charge in [-0.3, -0.25) is 0 Å². The summed E-state index contributed by atoms with van der Waals surface area (Å²) < 4.78 is 34.6. The van der Waals surface area contributed by atoms with Crippen LogP contribution in [0.5, 0.6) is 28.7 Å². The molecular weight excluding hydrogens is 552 g/mol. The SMILES string of the molecule is COc1ccc2c(c1OC)OC1c3cc(Cc4ccccc4)c(OC4OC(C(=O)O)C(O)C(O)C4O)cc3OC(O)C21. The molecule has 0 spiro atoms. The van der Waals surface area contributed by atoms with E-state index in [4.69, 9.17) is 28.4 Å². The van der Waals surface area contributed by atoms with Crippen LogP contribution in [-0.4, -0.2) is 82.7 Å². The third kappa shape index (κ3) is 4.67. The number of hydrogen-bond donors (Lipinski definition) is 5. The van der Waals surface area contributed by atoms with Crippen molar-refractivity contribution in [3.05, 3.63) is 76.9 Å². The van der Waals surface area contributed by atoms with Gasteiger partial charge in [0.25, 0.3) is 0 Å². The molecule has 222 valence electrons. The summed E-state index contributed by atoms with van der Waals surface area (Å²) in [5.74, 6) is -0.445. The molecule has 12 heteroatoms. The van der Waals surface area contributed by atoms with Crippen LogP contribution >= 0.6 is 0 Å². The van der Waals surface area contributed by atoms with Crippen molar-refractivity contribution in [1.82, 2.24) is 0 Å². The summed E-state index contributed by atoms with van der Waals surface area (Å²) in [6.45, 7) is 0. The number of benzene rings is 3. The maximum atomic E-state index is 11.6. The Morgan fingerprint density at radius 3 is 2.31 bits per heavy atom. The topological polar surface area (TPSA) is 174 Å². The summed E-state index contributed by atoms with van der Waals surface area (Å²) in [5, 5.41) is 51.5. The van der Waals surface area contributed by atoms with E-state index in [1.54, 1.807) is 18.2 Å². The number of aliphatic carboxylic acids is 1. The second kappa shape index (κ2) is 11.0. The zero-order chi connectivity index (χ0) is 29.7. The highest BCUT2D eigenvalue weighted by Gasteiger charge is 2.50. The van der Waals surface area contributed by atoms with Crippen molar-refractivity contribution in [2.75, 3.05) is 14.2 Å². The van der Waals surface area contributed by atoms with Crippen molar-refractivity contribution < 1.29 is 58.7 Å². The van der Waals surface area contributed by atoms with Crippen LogP contribution < -0.4 is 23.7 Å². The van der Waals surface area contributed by atoms with Gasteiger partial charge in [0, 0.05) is 23.6 Å². The van der Waals surface area contributed by atoms with E-state index < -0.39 is 55.0 Å². The van der Waals surface area contributed by atoms with Crippen molar-refractivity contribution >= 4 is 5.97 Å². The first kappa shape index (κ1) is 28.1. The minimum Gasteiger partial charge on any atom is -0.493 e. The van der Waals surface area contributed by atoms with Crippen LogP contribution in [0.3, 0.4) is 0 Å². The molecule has 8 atom stereocenters. The summed E-state index contributed by atoms with van der Waals surface area (Å²) in [5.41, 5.74) is 2.82. The van der Waals surface area contributed by atoms with E-state index in [9.17, 15) is 30.3 Å². The van der Waals surface area contributed by atoms with Gasteiger partial charge in [0.05, 0.1) is 20.1 Å². The lowest BCUT2D eigenvalue weighted by molar-refractivity contribution is -0.271. The molecule has 3 heterocycles. The Labute approximate surface area is 240 Å². The molecule has 3 aromatic rings. The Morgan fingerprint density at radius 1 is 0.857 bits per heavy atom. The van der Waals surface area contributed by atoms with Gasteiger partial charge in [-0.1, -0.05) is 36.4 Å². The van der Waals surface area contributed by atoms with Crippen LogP contribution in [0, 0.1) is 0 Å². The lowest BCUT2D eigenvalue weighted by Crippen LogP contribution is -2.61. The van der Waals surface area contributed by atoms with E-state index in [1.807, 2.05) is 30.3 Å².